The van der Waals surface area contributed by atoms with Crippen LogP contribution in [0.4, 0.5) is 0 Å². The van der Waals surface area contributed by atoms with E-state index in [2.05, 4.69) is 4.90 Å². The zero-order chi connectivity index (χ0) is 19.5. The van der Waals surface area contributed by atoms with Crippen molar-refractivity contribution >= 4 is 11.8 Å². The van der Waals surface area contributed by atoms with E-state index in [9.17, 15) is 9.59 Å². The van der Waals surface area contributed by atoms with E-state index in [1.54, 1.807) is 0 Å². The lowest BCUT2D eigenvalue weighted by molar-refractivity contribution is -0.135. The molecule has 3 fully saturated rings. The van der Waals surface area contributed by atoms with Crippen LogP contribution in [-0.2, 0) is 16.1 Å². The molecule has 3 aliphatic rings. The molecule has 3 heterocycles. The van der Waals surface area contributed by atoms with Gasteiger partial charge in [-0.1, -0.05) is 36.8 Å². The third kappa shape index (κ3) is 4.24. The Morgan fingerprint density at radius 1 is 1.11 bits per heavy atom. The first kappa shape index (κ1) is 19.4. The van der Waals surface area contributed by atoms with E-state index in [1.807, 2.05) is 47.2 Å². The van der Waals surface area contributed by atoms with E-state index >= 15 is 0 Å². The van der Waals surface area contributed by atoms with E-state index in [0.717, 1.165) is 12.1 Å². The van der Waals surface area contributed by atoms with Crippen molar-refractivity contribution < 1.29 is 9.59 Å². The molecule has 28 heavy (non-hydrogen) atoms. The van der Waals surface area contributed by atoms with Gasteiger partial charge in [0.15, 0.2) is 0 Å². The summed E-state index contributed by atoms with van der Waals surface area (Å²) in [6.07, 6.45) is 6.74. The summed E-state index contributed by atoms with van der Waals surface area (Å²) in [5.41, 5.74) is 1.12. The third-order valence-electron chi connectivity index (χ3n) is 6.89. The molecule has 0 aromatic heterocycles. The van der Waals surface area contributed by atoms with Crippen LogP contribution in [0.1, 0.15) is 44.1 Å². The summed E-state index contributed by atoms with van der Waals surface area (Å²) in [6, 6.07) is 10.7. The number of benzene rings is 1. The smallest absolute Gasteiger partial charge is 0.227 e. The number of carbonyl (C=O) groups is 2. The van der Waals surface area contributed by atoms with Crippen LogP contribution in [0.5, 0.6) is 0 Å². The molecular formula is C23H33N3O2. The van der Waals surface area contributed by atoms with Gasteiger partial charge in [-0.05, 0) is 50.3 Å². The predicted molar refractivity (Wildman–Crippen MR) is 110 cm³/mol. The van der Waals surface area contributed by atoms with Gasteiger partial charge < -0.3 is 14.7 Å². The molecule has 5 nitrogen and oxygen atoms in total. The minimum Gasteiger partial charge on any atom is -0.345 e. The fourth-order valence-corrected chi connectivity index (χ4v) is 5.44. The number of carbonyl (C=O) groups excluding carboxylic acids is 2. The average molecular weight is 384 g/mol. The number of amides is 2. The van der Waals surface area contributed by atoms with Gasteiger partial charge >= 0.3 is 0 Å². The Balaban J connectivity index is 1.33. The SMILES string of the molecule is CN(CC1CCCN2CCCCC12)C(=O)C1CC(=O)N(Cc2ccccc2)C1. The van der Waals surface area contributed by atoms with Gasteiger partial charge in [-0.25, -0.2) is 0 Å². The summed E-state index contributed by atoms with van der Waals surface area (Å²) in [4.78, 5) is 31.9. The van der Waals surface area contributed by atoms with Gasteiger partial charge in [-0.15, -0.1) is 0 Å². The molecule has 2 amide bonds. The molecule has 152 valence electrons. The number of piperidine rings is 2. The van der Waals surface area contributed by atoms with Crippen LogP contribution in [0.2, 0.25) is 0 Å². The van der Waals surface area contributed by atoms with Gasteiger partial charge in [0.2, 0.25) is 11.8 Å². The Kier molecular flexibility index (Phi) is 6.00. The summed E-state index contributed by atoms with van der Waals surface area (Å²) in [5.74, 6) is 0.649. The van der Waals surface area contributed by atoms with Crippen LogP contribution in [-0.4, -0.2) is 65.8 Å². The fraction of sp³-hybridized carbons (Fsp3) is 0.652. The van der Waals surface area contributed by atoms with Crippen molar-refractivity contribution in [2.75, 3.05) is 33.2 Å². The summed E-state index contributed by atoms with van der Waals surface area (Å²) < 4.78 is 0. The number of fused-ring (bicyclic) bond motifs is 1. The Labute approximate surface area is 168 Å². The minimum atomic E-state index is -0.188. The topological polar surface area (TPSA) is 43.9 Å². The Hall–Kier alpha value is -1.88. The van der Waals surface area contributed by atoms with Crippen LogP contribution in [0.25, 0.3) is 0 Å². The zero-order valence-corrected chi connectivity index (χ0v) is 17.1. The summed E-state index contributed by atoms with van der Waals surface area (Å²) in [7, 11) is 1.94. The van der Waals surface area contributed by atoms with Gasteiger partial charge in [0.25, 0.3) is 0 Å². The quantitative estimate of drug-likeness (QED) is 0.785. The van der Waals surface area contributed by atoms with E-state index in [4.69, 9.17) is 0 Å². The Bertz CT molecular complexity index is 690. The minimum absolute atomic E-state index is 0.103. The molecule has 3 aliphatic heterocycles. The summed E-state index contributed by atoms with van der Waals surface area (Å²) >= 11 is 0. The maximum Gasteiger partial charge on any atom is 0.227 e. The lowest BCUT2D eigenvalue weighted by Gasteiger charge is -2.45. The summed E-state index contributed by atoms with van der Waals surface area (Å²) in [6.45, 7) is 4.45. The van der Waals surface area contributed by atoms with E-state index in [0.29, 0.717) is 31.5 Å². The number of nitrogens with zero attached hydrogens (tertiary/aromatic N) is 3. The maximum absolute atomic E-state index is 13.1. The number of hydrogen-bond donors (Lipinski definition) is 0. The largest absolute Gasteiger partial charge is 0.345 e. The highest BCUT2D eigenvalue weighted by molar-refractivity contribution is 5.89. The second-order valence-corrected chi connectivity index (χ2v) is 8.88. The second kappa shape index (κ2) is 8.64. The number of rotatable bonds is 5. The van der Waals surface area contributed by atoms with Crippen LogP contribution >= 0.6 is 0 Å². The third-order valence-corrected chi connectivity index (χ3v) is 6.89. The molecule has 0 N–H and O–H groups in total. The molecule has 0 aliphatic carbocycles. The highest BCUT2D eigenvalue weighted by Crippen LogP contribution is 2.32. The fourth-order valence-electron chi connectivity index (χ4n) is 5.44. The molecule has 3 unspecified atom stereocenters. The highest BCUT2D eigenvalue weighted by atomic mass is 16.2. The van der Waals surface area contributed by atoms with Crippen molar-refractivity contribution in [3.05, 3.63) is 35.9 Å². The van der Waals surface area contributed by atoms with Crippen molar-refractivity contribution in [2.45, 2.75) is 51.1 Å². The molecule has 1 aromatic rings. The van der Waals surface area contributed by atoms with Gasteiger partial charge in [0, 0.05) is 39.1 Å². The normalized spacial score (nSPS) is 28.2. The first-order valence-electron chi connectivity index (χ1n) is 10.9. The van der Waals surface area contributed by atoms with Crippen LogP contribution in [0.15, 0.2) is 30.3 Å². The van der Waals surface area contributed by atoms with Crippen LogP contribution in [0.3, 0.4) is 0 Å². The molecule has 5 heteroatoms. The summed E-state index contributed by atoms with van der Waals surface area (Å²) in [5, 5.41) is 0. The Morgan fingerprint density at radius 3 is 2.71 bits per heavy atom. The highest BCUT2D eigenvalue weighted by Gasteiger charge is 2.38. The first-order valence-corrected chi connectivity index (χ1v) is 10.9. The molecule has 0 bridgehead atoms. The van der Waals surface area contributed by atoms with Gasteiger partial charge in [0.1, 0.15) is 0 Å². The molecule has 3 atom stereocenters. The van der Waals surface area contributed by atoms with E-state index in [1.165, 1.54) is 45.2 Å². The Morgan fingerprint density at radius 2 is 1.89 bits per heavy atom. The second-order valence-electron chi connectivity index (χ2n) is 8.88. The van der Waals surface area contributed by atoms with Gasteiger partial charge in [0.05, 0.1) is 5.92 Å². The molecule has 3 saturated heterocycles. The number of likely N-dealkylation sites (tertiary alicyclic amines) is 1. The monoisotopic (exact) mass is 383 g/mol. The van der Waals surface area contributed by atoms with Crippen molar-refractivity contribution in [1.29, 1.82) is 0 Å². The average Bonchev–Trinajstić information content (AvgIpc) is 3.08. The van der Waals surface area contributed by atoms with Gasteiger partial charge in [-0.3, -0.25) is 9.59 Å². The molecule has 4 rings (SSSR count). The molecule has 0 saturated carbocycles. The molecule has 0 spiro atoms. The van der Waals surface area contributed by atoms with Crippen LogP contribution in [0, 0.1) is 11.8 Å². The molecule has 0 radical (unpaired) electrons. The zero-order valence-electron chi connectivity index (χ0n) is 17.1. The predicted octanol–water partition coefficient (Wildman–Crippen LogP) is 2.76. The van der Waals surface area contributed by atoms with Crippen molar-refractivity contribution in [1.82, 2.24) is 14.7 Å². The van der Waals surface area contributed by atoms with Crippen molar-refractivity contribution in [2.24, 2.45) is 11.8 Å². The van der Waals surface area contributed by atoms with E-state index in [-0.39, 0.29) is 17.7 Å². The lowest BCUT2D eigenvalue weighted by Crippen LogP contribution is -2.51. The first-order chi connectivity index (χ1) is 13.6. The van der Waals surface area contributed by atoms with E-state index < -0.39 is 0 Å². The van der Waals surface area contributed by atoms with Crippen molar-refractivity contribution in [3.63, 3.8) is 0 Å². The van der Waals surface area contributed by atoms with Crippen molar-refractivity contribution in [3.8, 4) is 0 Å². The van der Waals surface area contributed by atoms with Crippen LogP contribution < -0.4 is 0 Å². The molecular weight excluding hydrogens is 350 g/mol. The number of hydrogen-bond acceptors (Lipinski definition) is 3. The van der Waals surface area contributed by atoms with Gasteiger partial charge in [-0.2, -0.15) is 0 Å². The molecule has 1 aromatic carbocycles. The standard InChI is InChI=1S/C23H33N3O2/c1-24(16-19-10-7-13-25-12-6-5-11-21(19)25)23(28)20-14-22(27)26(17-20)15-18-8-3-2-4-9-18/h2-4,8-9,19-21H,5-7,10-17H2,1H3. The lowest BCUT2D eigenvalue weighted by atomic mass is 9.83. The maximum atomic E-state index is 13.1.